The molecule has 0 heterocycles. The number of benzene rings is 1. The van der Waals surface area contributed by atoms with Crippen molar-refractivity contribution in [1.29, 1.82) is 0 Å². The lowest BCUT2D eigenvalue weighted by Crippen LogP contribution is -2.47. The maximum absolute atomic E-state index is 13.6. The highest BCUT2D eigenvalue weighted by Gasteiger charge is 2.42. The molecule has 21 heavy (non-hydrogen) atoms. The maximum Gasteiger partial charge on any atom is 0.237 e. The third kappa shape index (κ3) is 3.02. The Hall–Kier alpha value is -1.63. The summed E-state index contributed by atoms with van der Waals surface area (Å²) in [5.41, 5.74) is 3.91. The Bertz CT molecular complexity index is 563. The van der Waals surface area contributed by atoms with Crippen LogP contribution < -0.4 is 11.1 Å². The van der Waals surface area contributed by atoms with E-state index in [0.717, 1.165) is 19.3 Å². The van der Waals surface area contributed by atoms with Crippen molar-refractivity contribution in [2.45, 2.75) is 32.1 Å². The number of rotatable bonds is 3. The van der Waals surface area contributed by atoms with Crippen LogP contribution in [0.5, 0.6) is 0 Å². The van der Waals surface area contributed by atoms with Crippen LogP contribution in [0.25, 0.3) is 0 Å². The van der Waals surface area contributed by atoms with Crippen LogP contribution in [0.15, 0.2) is 12.1 Å². The van der Waals surface area contributed by atoms with Gasteiger partial charge < -0.3 is 11.1 Å². The predicted molar refractivity (Wildman–Crippen MR) is 77.2 cm³/mol. The summed E-state index contributed by atoms with van der Waals surface area (Å²) in [7, 11) is 0. The second kappa shape index (κ2) is 6.01. The minimum atomic E-state index is -1.17. The molecule has 0 saturated heterocycles. The summed E-state index contributed by atoms with van der Waals surface area (Å²) < 4.78 is 40.1. The molecule has 1 saturated carbocycles. The fraction of sp³-hybridized carbons (Fsp3) is 0.429. The van der Waals surface area contributed by atoms with Gasteiger partial charge in [0.05, 0.1) is 10.4 Å². The van der Waals surface area contributed by atoms with E-state index in [1.807, 2.05) is 0 Å². The van der Waals surface area contributed by atoms with Crippen molar-refractivity contribution >= 4 is 28.8 Å². The average Bonchev–Trinajstić information content (AvgIpc) is 2.43. The summed E-state index contributed by atoms with van der Waals surface area (Å²) in [6.45, 7) is 0. The molecular formula is C14H15F3N2OS. The molecule has 0 aliphatic heterocycles. The van der Waals surface area contributed by atoms with Gasteiger partial charge in [0.2, 0.25) is 5.91 Å². The first kappa shape index (κ1) is 15.8. The van der Waals surface area contributed by atoms with E-state index in [1.54, 1.807) is 0 Å². The highest BCUT2D eigenvalue weighted by atomic mass is 32.1. The molecule has 1 amide bonds. The zero-order chi connectivity index (χ0) is 15.6. The first-order chi connectivity index (χ1) is 9.86. The zero-order valence-corrected chi connectivity index (χ0v) is 12.0. The number of hydrogen-bond acceptors (Lipinski definition) is 2. The Labute approximate surface area is 125 Å². The molecule has 3 nitrogen and oxygen atoms in total. The number of carbonyl (C=O) groups excluding carboxylic acids is 1. The van der Waals surface area contributed by atoms with E-state index < -0.39 is 34.5 Å². The van der Waals surface area contributed by atoms with Crippen LogP contribution in [0.3, 0.4) is 0 Å². The summed E-state index contributed by atoms with van der Waals surface area (Å²) in [5, 5.41) is 2.17. The van der Waals surface area contributed by atoms with E-state index in [-0.39, 0.29) is 4.99 Å². The quantitative estimate of drug-likeness (QED) is 0.842. The number of thiocarbonyl (C=S) groups is 1. The van der Waals surface area contributed by atoms with Gasteiger partial charge in [-0.15, -0.1) is 0 Å². The number of carbonyl (C=O) groups is 1. The van der Waals surface area contributed by atoms with Crippen LogP contribution in [0.2, 0.25) is 0 Å². The molecule has 0 spiro atoms. The van der Waals surface area contributed by atoms with E-state index in [9.17, 15) is 18.0 Å². The Balaban J connectivity index is 2.30. The molecule has 0 radical (unpaired) electrons. The number of nitrogens with two attached hydrogens (primary N) is 1. The van der Waals surface area contributed by atoms with E-state index in [1.165, 1.54) is 0 Å². The van der Waals surface area contributed by atoms with Gasteiger partial charge in [-0.2, -0.15) is 0 Å². The number of amides is 1. The van der Waals surface area contributed by atoms with Gasteiger partial charge in [0.25, 0.3) is 0 Å². The lowest BCUT2D eigenvalue weighted by molar-refractivity contribution is -0.123. The number of halogens is 3. The summed E-state index contributed by atoms with van der Waals surface area (Å²) in [6.07, 6.45) is 3.37. The fourth-order valence-corrected chi connectivity index (χ4v) is 2.93. The fourth-order valence-electron chi connectivity index (χ4n) is 2.64. The molecular weight excluding hydrogens is 301 g/mol. The molecule has 0 unspecified atom stereocenters. The van der Waals surface area contributed by atoms with Gasteiger partial charge in [-0.1, -0.05) is 31.5 Å². The molecule has 0 atom stereocenters. The van der Waals surface area contributed by atoms with Gasteiger partial charge in [-0.05, 0) is 12.8 Å². The van der Waals surface area contributed by atoms with Crippen molar-refractivity contribution in [3.63, 3.8) is 0 Å². The topological polar surface area (TPSA) is 55.1 Å². The van der Waals surface area contributed by atoms with Gasteiger partial charge in [-0.3, -0.25) is 4.79 Å². The normalized spacial score (nSPS) is 17.3. The van der Waals surface area contributed by atoms with Crippen LogP contribution in [0.4, 0.5) is 18.9 Å². The summed E-state index contributed by atoms with van der Waals surface area (Å²) in [6, 6.07) is 1.01. The Morgan fingerprint density at radius 2 is 1.67 bits per heavy atom. The van der Waals surface area contributed by atoms with Crippen molar-refractivity contribution in [1.82, 2.24) is 0 Å². The van der Waals surface area contributed by atoms with E-state index >= 15 is 0 Å². The lowest BCUT2D eigenvalue weighted by atomic mass is 9.73. The summed E-state index contributed by atoms with van der Waals surface area (Å²) >= 11 is 4.98. The van der Waals surface area contributed by atoms with Gasteiger partial charge in [0, 0.05) is 12.1 Å². The molecule has 1 aromatic rings. The van der Waals surface area contributed by atoms with Crippen molar-refractivity contribution in [3.8, 4) is 0 Å². The van der Waals surface area contributed by atoms with Crippen molar-refractivity contribution in [2.24, 2.45) is 11.1 Å². The third-order valence-electron chi connectivity index (χ3n) is 3.86. The highest BCUT2D eigenvalue weighted by molar-refractivity contribution is 7.80. The lowest BCUT2D eigenvalue weighted by Gasteiger charge is -2.34. The number of nitrogens with one attached hydrogen (secondary N) is 1. The molecule has 0 bridgehead atoms. The average molecular weight is 316 g/mol. The van der Waals surface area contributed by atoms with Crippen molar-refractivity contribution in [2.75, 3.05) is 5.32 Å². The third-order valence-corrected chi connectivity index (χ3v) is 4.25. The number of hydrogen-bond donors (Lipinski definition) is 2. The Morgan fingerprint density at radius 1 is 1.14 bits per heavy atom. The standard InChI is InChI=1S/C14H15F3N2OS/c15-8-6-9(16)11(10(17)7-8)19-13(20)14(12(18)21)4-2-1-3-5-14/h6-7H,1-5H2,(H2,18,21)(H,19,20). The van der Waals surface area contributed by atoms with Crippen LogP contribution in [0, 0.1) is 22.9 Å². The van der Waals surface area contributed by atoms with Gasteiger partial charge in [0.15, 0.2) is 11.6 Å². The van der Waals surface area contributed by atoms with E-state index in [4.69, 9.17) is 18.0 Å². The first-order valence-corrected chi connectivity index (χ1v) is 7.03. The first-order valence-electron chi connectivity index (χ1n) is 6.63. The minimum Gasteiger partial charge on any atom is -0.392 e. The molecule has 1 fully saturated rings. The Kier molecular flexibility index (Phi) is 4.51. The Morgan fingerprint density at radius 3 is 2.14 bits per heavy atom. The largest absolute Gasteiger partial charge is 0.392 e. The molecule has 1 aromatic carbocycles. The summed E-state index contributed by atoms with van der Waals surface area (Å²) in [5.74, 6) is -4.03. The molecule has 3 N–H and O–H groups in total. The molecule has 2 rings (SSSR count). The number of anilines is 1. The second-order valence-electron chi connectivity index (χ2n) is 5.21. The smallest absolute Gasteiger partial charge is 0.237 e. The summed E-state index contributed by atoms with van der Waals surface area (Å²) in [4.78, 5) is 12.4. The van der Waals surface area contributed by atoms with Crippen molar-refractivity contribution in [3.05, 3.63) is 29.6 Å². The van der Waals surface area contributed by atoms with Gasteiger partial charge in [-0.25, -0.2) is 13.2 Å². The van der Waals surface area contributed by atoms with Crippen LogP contribution in [-0.2, 0) is 4.79 Å². The van der Waals surface area contributed by atoms with E-state index in [0.29, 0.717) is 25.0 Å². The predicted octanol–water partition coefficient (Wildman–Crippen LogP) is 3.28. The van der Waals surface area contributed by atoms with Gasteiger partial charge in [0.1, 0.15) is 11.5 Å². The molecule has 0 aromatic heterocycles. The van der Waals surface area contributed by atoms with Crippen LogP contribution in [-0.4, -0.2) is 10.9 Å². The van der Waals surface area contributed by atoms with Crippen LogP contribution in [0.1, 0.15) is 32.1 Å². The van der Waals surface area contributed by atoms with Crippen LogP contribution >= 0.6 is 12.2 Å². The molecule has 7 heteroatoms. The molecule has 1 aliphatic carbocycles. The SMILES string of the molecule is NC(=S)C1(C(=O)Nc2c(F)cc(F)cc2F)CCCCC1. The molecule has 1 aliphatic rings. The van der Waals surface area contributed by atoms with Gasteiger partial charge >= 0.3 is 0 Å². The monoisotopic (exact) mass is 316 g/mol. The highest BCUT2D eigenvalue weighted by Crippen LogP contribution is 2.38. The van der Waals surface area contributed by atoms with Crippen molar-refractivity contribution < 1.29 is 18.0 Å². The minimum absolute atomic E-state index is 0.0163. The second-order valence-corrected chi connectivity index (χ2v) is 5.65. The molecule has 114 valence electrons. The zero-order valence-electron chi connectivity index (χ0n) is 11.2. The maximum atomic E-state index is 13.6. The van der Waals surface area contributed by atoms with E-state index in [2.05, 4.69) is 5.32 Å².